The Morgan fingerprint density at radius 3 is 2.28 bits per heavy atom. The van der Waals surface area contributed by atoms with Crippen LogP contribution < -0.4 is 10.6 Å². The van der Waals surface area contributed by atoms with Crippen LogP contribution >= 0.6 is 0 Å². The van der Waals surface area contributed by atoms with Gasteiger partial charge < -0.3 is 15.5 Å². The number of fused-ring (bicyclic) bond motifs is 9. The number of hydrogen-bond acceptors (Lipinski definition) is 3. The third-order valence-electron chi connectivity index (χ3n) is 14.0. The fourth-order valence-corrected chi connectivity index (χ4v) is 11.4. The van der Waals surface area contributed by atoms with Crippen molar-refractivity contribution in [2.45, 2.75) is 90.0 Å². The van der Waals surface area contributed by atoms with E-state index >= 15 is 0 Å². The zero-order chi connectivity index (χ0) is 32.3. The highest BCUT2D eigenvalue weighted by molar-refractivity contribution is 5.94. The largest absolute Gasteiger partial charge is 0.356 e. The van der Waals surface area contributed by atoms with Crippen molar-refractivity contribution in [2.24, 2.45) is 34.5 Å². The Morgan fingerprint density at radius 2 is 1.53 bits per heavy atom. The van der Waals surface area contributed by atoms with Crippen molar-refractivity contribution in [3.05, 3.63) is 95.1 Å². The van der Waals surface area contributed by atoms with E-state index < -0.39 is 0 Å². The Hall–Kier alpha value is -3.60. The molecular formula is C42H51N3O2. The van der Waals surface area contributed by atoms with E-state index in [1.54, 1.807) is 0 Å². The molecule has 1 saturated heterocycles. The maximum absolute atomic E-state index is 13.7. The standard InChI is InChI=1S/C42H51N3O2/c1-41-19-17-37-35(14-16-38-42(37,2)20-18-39(46)45(38)3)36(41)15-13-32(41)26-43-40(47)30-10-6-9-29(25-30)31-21-27-7-4-11-33(23-27)44-34-12-5-8-28(22-31)24-34/h4-12,23-25,31-32,35-38,44H,13-22,26H2,1-3H3,(H,43,47)/t32?,35-,36-,37-,38+,41+,42+/m0/s1. The zero-order valence-corrected chi connectivity index (χ0v) is 28.4. The van der Waals surface area contributed by atoms with Crippen LogP contribution in [0.2, 0.25) is 0 Å². The maximum Gasteiger partial charge on any atom is 0.251 e. The molecule has 4 bridgehead atoms. The Balaban J connectivity index is 0.958. The average molecular weight is 630 g/mol. The van der Waals surface area contributed by atoms with Gasteiger partial charge >= 0.3 is 0 Å². The van der Waals surface area contributed by atoms with Crippen molar-refractivity contribution in [1.82, 2.24) is 10.2 Å². The summed E-state index contributed by atoms with van der Waals surface area (Å²) < 4.78 is 0. The van der Waals surface area contributed by atoms with Crippen LogP contribution in [0.4, 0.5) is 11.4 Å². The molecule has 5 heteroatoms. The van der Waals surface area contributed by atoms with Gasteiger partial charge in [0.25, 0.3) is 5.91 Å². The lowest BCUT2D eigenvalue weighted by Gasteiger charge is -2.61. The SMILES string of the molecule is CN1C(=O)CC[C@]2(C)[C@H]3CC[C@]4(C)C(CNC(=O)c5cccc(C6Cc7cccc(c7)Nc7cccc(c7)C6)c5)CC[C@H]4[C@@H]3CC[C@@H]12. The molecule has 8 rings (SSSR count). The summed E-state index contributed by atoms with van der Waals surface area (Å²) in [6.45, 7) is 5.81. The van der Waals surface area contributed by atoms with Gasteiger partial charge in [-0.25, -0.2) is 0 Å². The minimum absolute atomic E-state index is 0.0589. The van der Waals surface area contributed by atoms with E-state index in [0.29, 0.717) is 30.2 Å². The van der Waals surface area contributed by atoms with Gasteiger partial charge in [-0.2, -0.15) is 0 Å². The molecule has 3 saturated carbocycles. The first kappa shape index (κ1) is 30.7. The molecule has 0 aromatic heterocycles. The van der Waals surface area contributed by atoms with E-state index in [9.17, 15) is 9.59 Å². The molecule has 2 heterocycles. The van der Waals surface area contributed by atoms with Crippen LogP contribution in [0.3, 0.4) is 0 Å². The second-order valence-electron chi connectivity index (χ2n) is 16.3. The lowest BCUT2D eigenvalue weighted by molar-refractivity contribution is -0.158. The summed E-state index contributed by atoms with van der Waals surface area (Å²) in [4.78, 5) is 28.4. The number of amides is 2. The minimum atomic E-state index is 0.0589. The minimum Gasteiger partial charge on any atom is -0.356 e. The summed E-state index contributed by atoms with van der Waals surface area (Å²) in [6, 6.07) is 26.3. The Bertz CT molecular complexity index is 1640. The molecule has 4 fully saturated rings. The number of carbonyl (C=O) groups excluding carboxylic acids is 2. The molecule has 2 aliphatic heterocycles. The van der Waals surface area contributed by atoms with Crippen molar-refractivity contribution in [2.75, 3.05) is 18.9 Å². The number of anilines is 2. The highest BCUT2D eigenvalue weighted by atomic mass is 16.2. The molecule has 0 spiro atoms. The number of rotatable bonds is 4. The number of benzene rings is 3. The van der Waals surface area contributed by atoms with E-state index in [1.807, 2.05) is 6.07 Å². The van der Waals surface area contributed by atoms with E-state index in [4.69, 9.17) is 0 Å². The van der Waals surface area contributed by atoms with Gasteiger partial charge in [-0.3, -0.25) is 9.59 Å². The molecule has 1 unspecified atom stereocenters. The van der Waals surface area contributed by atoms with Gasteiger partial charge in [0, 0.05) is 43.0 Å². The molecule has 3 aromatic carbocycles. The quantitative estimate of drug-likeness (QED) is 0.304. The summed E-state index contributed by atoms with van der Waals surface area (Å²) >= 11 is 0. The van der Waals surface area contributed by atoms with E-state index in [1.165, 1.54) is 48.8 Å². The molecular weight excluding hydrogens is 578 g/mol. The summed E-state index contributed by atoms with van der Waals surface area (Å²) in [5.41, 5.74) is 7.39. The maximum atomic E-state index is 13.7. The second-order valence-corrected chi connectivity index (χ2v) is 16.3. The summed E-state index contributed by atoms with van der Waals surface area (Å²) in [5.74, 6) is 3.41. The normalized spacial score (nSPS) is 33.2. The van der Waals surface area contributed by atoms with Crippen LogP contribution in [0, 0.1) is 34.5 Å². The van der Waals surface area contributed by atoms with Crippen LogP contribution in [0.15, 0.2) is 72.8 Å². The third-order valence-corrected chi connectivity index (χ3v) is 14.0. The highest BCUT2D eigenvalue weighted by Crippen LogP contribution is 2.66. The lowest BCUT2D eigenvalue weighted by atomic mass is 9.47. The fourth-order valence-electron chi connectivity index (χ4n) is 11.4. The van der Waals surface area contributed by atoms with Gasteiger partial charge in [-0.1, -0.05) is 50.2 Å². The Kier molecular flexibility index (Phi) is 7.73. The number of carbonyl (C=O) groups is 2. The number of nitrogens with zero attached hydrogens (tertiary/aromatic N) is 1. The first-order chi connectivity index (χ1) is 22.7. The van der Waals surface area contributed by atoms with E-state index in [0.717, 1.165) is 61.0 Å². The first-order valence-electron chi connectivity index (χ1n) is 18.3. The summed E-state index contributed by atoms with van der Waals surface area (Å²) in [7, 11) is 2.05. The van der Waals surface area contributed by atoms with Crippen molar-refractivity contribution in [1.29, 1.82) is 0 Å². The molecule has 246 valence electrons. The third kappa shape index (κ3) is 5.38. The highest BCUT2D eigenvalue weighted by Gasteiger charge is 2.61. The van der Waals surface area contributed by atoms with Gasteiger partial charge in [-0.05, 0) is 151 Å². The van der Waals surface area contributed by atoms with Crippen molar-refractivity contribution >= 4 is 23.2 Å². The van der Waals surface area contributed by atoms with Crippen LogP contribution in [0.5, 0.6) is 0 Å². The van der Waals surface area contributed by atoms with Crippen LogP contribution in [0.1, 0.15) is 98.2 Å². The fraction of sp³-hybridized carbons (Fsp3) is 0.524. The van der Waals surface area contributed by atoms with Crippen LogP contribution in [-0.2, 0) is 17.6 Å². The summed E-state index contributed by atoms with van der Waals surface area (Å²) in [6.07, 6.45) is 11.0. The van der Waals surface area contributed by atoms with E-state index in [2.05, 4.69) is 103 Å². The Morgan fingerprint density at radius 1 is 0.830 bits per heavy atom. The predicted octanol–water partition coefficient (Wildman–Crippen LogP) is 8.52. The first-order valence-corrected chi connectivity index (χ1v) is 18.3. The molecule has 2 N–H and O–H groups in total. The molecule has 47 heavy (non-hydrogen) atoms. The van der Waals surface area contributed by atoms with Gasteiger partial charge in [-0.15, -0.1) is 0 Å². The molecule has 5 aliphatic rings. The predicted molar refractivity (Wildman–Crippen MR) is 189 cm³/mol. The molecule has 5 nitrogen and oxygen atoms in total. The van der Waals surface area contributed by atoms with Gasteiger partial charge in [0.05, 0.1) is 0 Å². The topological polar surface area (TPSA) is 61.4 Å². The smallest absolute Gasteiger partial charge is 0.251 e. The molecule has 3 aliphatic carbocycles. The van der Waals surface area contributed by atoms with Gasteiger partial charge in [0.2, 0.25) is 5.91 Å². The van der Waals surface area contributed by atoms with Crippen LogP contribution in [-0.4, -0.2) is 36.3 Å². The molecule has 7 atom stereocenters. The number of hydrogen-bond donors (Lipinski definition) is 2. The van der Waals surface area contributed by atoms with E-state index in [-0.39, 0.29) is 22.7 Å². The second kappa shape index (κ2) is 11.8. The van der Waals surface area contributed by atoms with Crippen molar-refractivity contribution in [3.8, 4) is 0 Å². The number of likely N-dealkylation sites (tertiary alicyclic amines) is 1. The molecule has 0 radical (unpaired) electrons. The van der Waals surface area contributed by atoms with Gasteiger partial charge in [0.1, 0.15) is 0 Å². The van der Waals surface area contributed by atoms with Crippen molar-refractivity contribution in [3.63, 3.8) is 0 Å². The monoisotopic (exact) mass is 629 g/mol. The molecule has 2 amide bonds. The number of nitrogens with one attached hydrogen (secondary N) is 2. The van der Waals surface area contributed by atoms with Crippen molar-refractivity contribution < 1.29 is 9.59 Å². The number of piperidine rings is 1. The van der Waals surface area contributed by atoms with Crippen LogP contribution in [0.25, 0.3) is 0 Å². The lowest BCUT2D eigenvalue weighted by Crippen LogP contribution is -2.61. The van der Waals surface area contributed by atoms with Gasteiger partial charge in [0.15, 0.2) is 0 Å². The zero-order valence-electron chi connectivity index (χ0n) is 28.4. The summed E-state index contributed by atoms with van der Waals surface area (Å²) in [5, 5.41) is 6.98. The molecule has 3 aromatic rings. The Labute approximate surface area is 280 Å². The average Bonchev–Trinajstić information content (AvgIpc) is 3.41.